The first kappa shape index (κ1) is 29.3. The SMILES string of the molecule is CC[C@H](C(=O)N[C@@H](C)CC)N(Cc1ccc(F)cc1)C(=O)CN(c1ccc(C(C)C)cc1)S(C)(=O)=O. The second-order valence-corrected chi connectivity index (χ2v) is 11.3. The van der Waals surface area contributed by atoms with Gasteiger partial charge in [0.1, 0.15) is 18.4 Å². The van der Waals surface area contributed by atoms with Crippen molar-refractivity contribution in [1.29, 1.82) is 0 Å². The maximum absolute atomic E-state index is 13.6. The molecule has 0 radical (unpaired) electrons. The van der Waals surface area contributed by atoms with Gasteiger partial charge in [0, 0.05) is 12.6 Å². The molecule has 2 aromatic rings. The molecule has 0 fully saturated rings. The molecule has 0 aliphatic rings. The van der Waals surface area contributed by atoms with Gasteiger partial charge in [-0.2, -0.15) is 0 Å². The molecule has 2 atom stereocenters. The molecular formula is C27H38FN3O4S. The van der Waals surface area contributed by atoms with E-state index in [2.05, 4.69) is 5.32 Å². The molecule has 0 saturated heterocycles. The number of hydrogen-bond acceptors (Lipinski definition) is 4. The summed E-state index contributed by atoms with van der Waals surface area (Å²) in [7, 11) is -3.80. The summed E-state index contributed by atoms with van der Waals surface area (Å²) in [6, 6.07) is 11.8. The van der Waals surface area contributed by atoms with Gasteiger partial charge in [0.25, 0.3) is 0 Å². The summed E-state index contributed by atoms with van der Waals surface area (Å²) in [4.78, 5) is 28.1. The van der Waals surface area contributed by atoms with Crippen molar-refractivity contribution in [1.82, 2.24) is 10.2 Å². The third kappa shape index (κ3) is 8.05. The second kappa shape index (κ2) is 12.9. The molecule has 198 valence electrons. The Morgan fingerprint density at radius 1 is 0.944 bits per heavy atom. The molecule has 0 bridgehead atoms. The van der Waals surface area contributed by atoms with E-state index in [1.54, 1.807) is 31.2 Å². The van der Waals surface area contributed by atoms with Crippen LogP contribution in [0.5, 0.6) is 0 Å². The molecule has 2 aromatic carbocycles. The Morgan fingerprint density at radius 2 is 1.53 bits per heavy atom. The summed E-state index contributed by atoms with van der Waals surface area (Å²) < 4.78 is 39.9. The topological polar surface area (TPSA) is 86.8 Å². The van der Waals surface area contributed by atoms with Crippen LogP contribution in [-0.4, -0.2) is 50.0 Å². The Balaban J connectivity index is 2.42. The van der Waals surface area contributed by atoms with E-state index in [4.69, 9.17) is 0 Å². The smallest absolute Gasteiger partial charge is 0.244 e. The van der Waals surface area contributed by atoms with Crippen molar-refractivity contribution in [2.75, 3.05) is 17.1 Å². The van der Waals surface area contributed by atoms with Gasteiger partial charge < -0.3 is 10.2 Å². The van der Waals surface area contributed by atoms with Gasteiger partial charge in [-0.25, -0.2) is 12.8 Å². The number of benzene rings is 2. The number of rotatable bonds is 12. The van der Waals surface area contributed by atoms with Crippen LogP contribution in [0.1, 0.15) is 64.5 Å². The highest BCUT2D eigenvalue weighted by Gasteiger charge is 2.32. The van der Waals surface area contributed by atoms with Crippen LogP contribution in [0.3, 0.4) is 0 Å². The molecule has 0 aliphatic carbocycles. The van der Waals surface area contributed by atoms with E-state index in [1.165, 1.54) is 17.0 Å². The molecule has 0 spiro atoms. The van der Waals surface area contributed by atoms with Crippen LogP contribution in [0.4, 0.5) is 10.1 Å². The van der Waals surface area contributed by atoms with Crippen LogP contribution in [-0.2, 0) is 26.2 Å². The minimum absolute atomic E-state index is 0.0371. The van der Waals surface area contributed by atoms with E-state index in [9.17, 15) is 22.4 Å². The number of carbonyl (C=O) groups is 2. The molecule has 0 saturated carbocycles. The van der Waals surface area contributed by atoms with Gasteiger partial charge in [-0.1, -0.05) is 52.0 Å². The number of hydrogen-bond donors (Lipinski definition) is 1. The maximum atomic E-state index is 13.6. The van der Waals surface area contributed by atoms with Crippen molar-refractivity contribution in [2.24, 2.45) is 0 Å². The van der Waals surface area contributed by atoms with E-state index in [0.717, 1.165) is 22.5 Å². The second-order valence-electron chi connectivity index (χ2n) is 9.41. The Kier molecular flexibility index (Phi) is 10.5. The molecule has 0 heterocycles. The van der Waals surface area contributed by atoms with Gasteiger partial charge in [-0.15, -0.1) is 0 Å². The van der Waals surface area contributed by atoms with E-state index in [0.29, 0.717) is 17.7 Å². The minimum atomic E-state index is -3.80. The van der Waals surface area contributed by atoms with Crippen molar-refractivity contribution >= 4 is 27.5 Å². The van der Waals surface area contributed by atoms with Crippen molar-refractivity contribution in [3.63, 3.8) is 0 Å². The summed E-state index contributed by atoms with van der Waals surface area (Å²) in [5, 5.41) is 2.92. The number of sulfonamides is 1. The van der Waals surface area contributed by atoms with Gasteiger partial charge >= 0.3 is 0 Å². The third-order valence-electron chi connectivity index (χ3n) is 6.18. The lowest BCUT2D eigenvalue weighted by Crippen LogP contribution is -2.53. The van der Waals surface area contributed by atoms with Gasteiger partial charge in [0.2, 0.25) is 21.8 Å². The summed E-state index contributed by atoms with van der Waals surface area (Å²) in [5.74, 6) is -0.975. The average molecular weight is 520 g/mol. The first-order valence-electron chi connectivity index (χ1n) is 12.3. The standard InChI is InChI=1S/C27H38FN3O4S/c1-7-20(5)29-27(33)25(8-2)30(17-21-9-13-23(28)14-10-21)26(32)18-31(36(6,34)35)24-15-11-22(12-16-24)19(3)4/h9-16,19-20,25H,7-8,17-18H2,1-6H3,(H,29,33)/t20-,25+/m0/s1. The normalized spacial score (nSPS) is 13.2. The highest BCUT2D eigenvalue weighted by molar-refractivity contribution is 7.92. The fraction of sp³-hybridized carbons (Fsp3) is 0.481. The monoisotopic (exact) mass is 519 g/mol. The molecule has 2 amide bonds. The van der Waals surface area contributed by atoms with Gasteiger partial charge in [0.05, 0.1) is 11.9 Å². The number of anilines is 1. The Morgan fingerprint density at radius 3 is 2.00 bits per heavy atom. The Labute approximate surface area is 214 Å². The number of nitrogens with zero attached hydrogens (tertiary/aromatic N) is 2. The highest BCUT2D eigenvalue weighted by atomic mass is 32.2. The molecule has 9 heteroatoms. The number of halogens is 1. The van der Waals surface area contributed by atoms with Gasteiger partial charge in [-0.3, -0.25) is 13.9 Å². The zero-order valence-corrected chi connectivity index (χ0v) is 22.8. The van der Waals surface area contributed by atoms with Gasteiger partial charge in [-0.05, 0) is 61.1 Å². The van der Waals surface area contributed by atoms with E-state index in [-0.39, 0.29) is 24.4 Å². The van der Waals surface area contributed by atoms with Crippen LogP contribution >= 0.6 is 0 Å². The van der Waals surface area contributed by atoms with E-state index < -0.39 is 34.3 Å². The molecular weight excluding hydrogens is 481 g/mol. The quantitative estimate of drug-likeness (QED) is 0.449. The Hall–Kier alpha value is -2.94. The van der Waals surface area contributed by atoms with Crippen molar-refractivity contribution < 1.29 is 22.4 Å². The van der Waals surface area contributed by atoms with Crippen LogP contribution in [0.15, 0.2) is 48.5 Å². The molecule has 2 rings (SSSR count). The first-order chi connectivity index (χ1) is 16.9. The molecule has 0 unspecified atom stereocenters. The van der Waals surface area contributed by atoms with Gasteiger partial charge in [0.15, 0.2) is 0 Å². The summed E-state index contributed by atoms with van der Waals surface area (Å²) in [6.45, 7) is 9.27. The third-order valence-corrected chi connectivity index (χ3v) is 7.32. The fourth-order valence-corrected chi connectivity index (χ4v) is 4.64. The van der Waals surface area contributed by atoms with Crippen LogP contribution in [0.25, 0.3) is 0 Å². The maximum Gasteiger partial charge on any atom is 0.244 e. The minimum Gasteiger partial charge on any atom is -0.352 e. The molecule has 0 aliphatic heterocycles. The molecule has 36 heavy (non-hydrogen) atoms. The van der Waals surface area contributed by atoms with Crippen LogP contribution < -0.4 is 9.62 Å². The lowest BCUT2D eigenvalue weighted by molar-refractivity contribution is -0.140. The molecule has 0 aromatic heterocycles. The van der Waals surface area contributed by atoms with Crippen molar-refractivity contribution in [3.05, 3.63) is 65.5 Å². The van der Waals surface area contributed by atoms with Crippen molar-refractivity contribution in [3.8, 4) is 0 Å². The lowest BCUT2D eigenvalue weighted by atomic mass is 10.0. The Bertz CT molecular complexity index is 1120. The number of nitrogens with one attached hydrogen (secondary N) is 1. The number of carbonyl (C=O) groups excluding carboxylic acids is 2. The van der Waals surface area contributed by atoms with E-state index >= 15 is 0 Å². The first-order valence-corrected chi connectivity index (χ1v) is 14.1. The summed E-state index contributed by atoms with van der Waals surface area (Å²) in [6.07, 6.45) is 2.10. The fourth-order valence-electron chi connectivity index (χ4n) is 3.79. The predicted molar refractivity (Wildman–Crippen MR) is 142 cm³/mol. The highest BCUT2D eigenvalue weighted by Crippen LogP contribution is 2.23. The zero-order chi connectivity index (χ0) is 27.0. The van der Waals surface area contributed by atoms with Crippen LogP contribution in [0.2, 0.25) is 0 Å². The number of amides is 2. The molecule has 7 nitrogen and oxygen atoms in total. The van der Waals surface area contributed by atoms with Crippen molar-refractivity contribution in [2.45, 2.75) is 72.0 Å². The van der Waals surface area contributed by atoms with E-state index in [1.807, 2.05) is 39.8 Å². The average Bonchev–Trinajstić information content (AvgIpc) is 2.82. The zero-order valence-electron chi connectivity index (χ0n) is 22.0. The largest absolute Gasteiger partial charge is 0.352 e. The summed E-state index contributed by atoms with van der Waals surface area (Å²) >= 11 is 0. The summed E-state index contributed by atoms with van der Waals surface area (Å²) in [5.41, 5.74) is 2.05. The van der Waals surface area contributed by atoms with Crippen LogP contribution in [0, 0.1) is 5.82 Å². The predicted octanol–water partition coefficient (Wildman–Crippen LogP) is 4.44. The molecule has 1 N–H and O–H groups in total. The lowest BCUT2D eigenvalue weighted by Gasteiger charge is -2.33.